The highest BCUT2D eigenvalue weighted by atomic mass is 32.1. The number of likely N-dealkylation sites (tertiary alicyclic amines) is 2. The maximum absolute atomic E-state index is 12.4. The fourth-order valence-electron chi connectivity index (χ4n) is 4.10. The topological polar surface area (TPSA) is 86.6 Å². The van der Waals surface area contributed by atoms with Crippen molar-refractivity contribution in [2.45, 2.75) is 38.4 Å². The number of carboxylic acids is 1. The number of amides is 1. The predicted octanol–water partition coefficient (Wildman–Crippen LogP) is 3.69. The minimum absolute atomic E-state index is 0.102. The van der Waals surface area contributed by atoms with E-state index in [0.717, 1.165) is 45.6 Å². The molecule has 4 heterocycles. The van der Waals surface area contributed by atoms with E-state index in [1.165, 1.54) is 29.7 Å². The van der Waals surface area contributed by atoms with Crippen molar-refractivity contribution in [1.29, 1.82) is 0 Å². The Morgan fingerprint density at radius 1 is 1.12 bits per heavy atom. The molecule has 2 aliphatic rings. The Morgan fingerprint density at radius 2 is 1.75 bits per heavy atom. The number of piperidine rings is 2. The molecular weight excluding hydrogens is 445 g/mol. The van der Waals surface area contributed by atoms with Crippen LogP contribution in [-0.4, -0.2) is 69.1 Å². The van der Waals surface area contributed by atoms with Crippen LogP contribution in [0.1, 0.15) is 41.7 Å². The Hall–Kier alpha value is -2.53. The number of rotatable bonds is 3. The third-order valence-corrected chi connectivity index (χ3v) is 6.64. The Labute approximate surface area is 187 Å². The van der Waals surface area contributed by atoms with Gasteiger partial charge in [0.25, 0.3) is 5.91 Å². The van der Waals surface area contributed by atoms with Gasteiger partial charge in [-0.2, -0.15) is 13.2 Å². The van der Waals surface area contributed by atoms with Crippen LogP contribution < -0.4 is 0 Å². The van der Waals surface area contributed by atoms with Crippen molar-refractivity contribution in [3.8, 4) is 0 Å². The number of alkyl halides is 3. The smallest absolute Gasteiger partial charge is 0.475 e. The zero-order chi connectivity index (χ0) is 23.2. The summed E-state index contributed by atoms with van der Waals surface area (Å²) >= 11 is 1.49. The third kappa shape index (κ3) is 6.49. The van der Waals surface area contributed by atoms with E-state index in [1.807, 2.05) is 28.7 Å². The minimum Gasteiger partial charge on any atom is -0.475 e. The molecule has 2 aromatic rings. The lowest BCUT2D eigenvalue weighted by atomic mass is 9.71. The molecule has 4 rings (SSSR count). The van der Waals surface area contributed by atoms with Crippen molar-refractivity contribution < 1.29 is 27.9 Å². The summed E-state index contributed by atoms with van der Waals surface area (Å²) in [4.78, 5) is 34.2. The summed E-state index contributed by atoms with van der Waals surface area (Å²) < 4.78 is 31.7. The molecule has 11 heteroatoms. The molecule has 1 N–H and O–H groups in total. The van der Waals surface area contributed by atoms with Crippen molar-refractivity contribution >= 4 is 23.2 Å². The van der Waals surface area contributed by atoms with E-state index in [2.05, 4.69) is 20.9 Å². The van der Waals surface area contributed by atoms with E-state index in [-0.39, 0.29) is 5.91 Å². The van der Waals surface area contributed by atoms with Crippen LogP contribution in [0.2, 0.25) is 0 Å². The van der Waals surface area contributed by atoms with Gasteiger partial charge in [-0.15, -0.1) is 11.3 Å². The number of carboxylic acid groups (broad SMARTS) is 1. The van der Waals surface area contributed by atoms with E-state index in [1.54, 1.807) is 5.51 Å². The molecule has 1 amide bonds. The molecule has 0 aliphatic carbocycles. The fraction of sp³-hybridized carbons (Fsp3) is 0.524. The Morgan fingerprint density at radius 3 is 2.25 bits per heavy atom. The highest BCUT2D eigenvalue weighted by molar-refractivity contribution is 7.07. The lowest BCUT2D eigenvalue weighted by Gasteiger charge is -2.46. The van der Waals surface area contributed by atoms with Gasteiger partial charge in [0, 0.05) is 37.4 Å². The van der Waals surface area contributed by atoms with Gasteiger partial charge in [-0.1, -0.05) is 6.07 Å². The van der Waals surface area contributed by atoms with Gasteiger partial charge in [0.1, 0.15) is 5.69 Å². The predicted molar refractivity (Wildman–Crippen MR) is 112 cm³/mol. The van der Waals surface area contributed by atoms with Crippen LogP contribution in [0.3, 0.4) is 0 Å². The lowest BCUT2D eigenvalue weighted by Crippen LogP contribution is -2.48. The van der Waals surface area contributed by atoms with E-state index >= 15 is 0 Å². The van der Waals surface area contributed by atoms with E-state index in [4.69, 9.17) is 9.90 Å². The van der Waals surface area contributed by atoms with Crippen LogP contribution >= 0.6 is 11.3 Å². The highest BCUT2D eigenvalue weighted by Crippen LogP contribution is 2.41. The molecule has 0 atom stereocenters. The van der Waals surface area contributed by atoms with Crippen molar-refractivity contribution in [1.82, 2.24) is 19.8 Å². The molecule has 32 heavy (non-hydrogen) atoms. The van der Waals surface area contributed by atoms with Crippen LogP contribution in [0.15, 0.2) is 35.4 Å². The Balaban J connectivity index is 0.000000360. The summed E-state index contributed by atoms with van der Waals surface area (Å²) in [5, 5.41) is 8.98. The number of thiazole rings is 1. The largest absolute Gasteiger partial charge is 0.490 e. The van der Waals surface area contributed by atoms with Crippen LogP contribution in [0.25, 0.3) is 0 Å². The molecule has 0 unspecified atom stereocenters. The fourth-order valence-corrected chi connectivity index (χ4v) is 4.63. The molecule has 0 aromatic carbocycles. The van der Waals surface area contributed by atoms with E-state index < -0.39 is 12.1 Å². The summed E-state index contributed by atoms with van der Waals surface area (Å²) in [5.74, 6) is -2.65. The van der Waals surface area contributed by atoms with Gasteiger partial charge in [-0.25, -0.2) is 9.78 Å². The number of aromatic nitrogens is 2. The maximum atomic E-state index is 12.4. The van der Waals surface area contributed by atoms with Gasteiger partial charge < -0.3 is 10.0 Å². The zero-order valence-electron chi connectivity index (χ0n) is 17.4. The van der Waals surface area contributed by atoms with Crippen molar-refractivity contribution in [3.63, 3.8) is 0 Å². The monoisotopic (exact) mass is 470 g/mol. The van der Waals surface area contributed by atoms with Gasteiger partial charge in [-0.05, 0) is 55.8 Å². The summed E-state index contributed by atoms with van der Waals surface area (Å²) in [5.41, 5.74) is 4.07. The first-order valence-electron chi connectivity index (χ1n) is 10.3. The number of pyridine rings is 1. The summed E-state index contributed by atoms with van der Waals surface area (Å²) in [6, 6.07) is 4.16. The molecule has 2 saturated heterocycles. The second-order valence-corrected chi connectivity index (χ2v) is 8.82. The molecule has 0 bridgehead atoms. The molecular formula is C21H25F3N4O3S. The molecule has 2 aromatic heterocycles. The number of aliphatic carboxylic acids is 1. The standard InChI is InChI=1S/C19H24N4OS.C2HF3O2/c24-18(17-14-25-15-21-17)23-10-5-19(6-11-23)3-8-22(9-4-19)13-16-2-1-7-20-12-16;3-2(4,5)1(6)7/h1-2,7,12,14-15H,3-6,8-11,13H2;(H,6,7). The van der Waals surface area contributed by atoms with E-state index in [0.29, 0.717) is 11.1 Å². The highest BCUT2D eigenvalue weighted by Gasteiger charge is 2.39. The van der Waals surface area contributed by atoms with Crippen molar-refractivity contribution in [3.05, 3.63) is 46.7 Å². The van der Waals surface area contributed by atoms with Crippen molar-refractivity contribution in [2.75, 3.05) is 26.2 Å². The van der Waals surface area contributed by atoms with Gasteiger partial charge >= 0.3 is 12.1 Å². The first-order valence-corrected chi connectivity index (χ1v) is 11.2. The summed E-state index contributed by atoms with van der Waals surface area (Å²) in [6.45, 7) is 5.04. The lowest BCUT2D eigenvalue weighted by molar-refractivity contribution is -0.192. The first kappa shape index (κ1) is 24.1. The quantitative estimate of drug-likeness (QED) is 0.736. The number of carbonyl (C=O) groups is 2. The molecule has 0 radical (unpaired) electrons. The van der Waals surface area contributed by atoms with Crippen LogP contribution in [-0.2, 0) is 11.3 Å². The third-order valence-electron chi connectivity index (χ3n) is 6.05. The SMILES string of the molecule is O=C(O)C(F)(F)F.O=C(c1cscn1)N1CCC2(CCN(Cc3cccnc3)CC2)CC1. The number of hydrogen-bond acceptors (Lipinski definition) is 6. The van der Waals surface area contributed by atoms with E-state index in [9.17, 15) is 18.0 Å². The molecule has 7 nitrogen and oxygen atoms in total. The number of nitrogens with zero attached hydrogens (tertiary/aromatic N) is 4. The Kier molecular flexibility index (Phi) is 7.83. The molecule has 2 fully saturated rings. The van der Waals surface area contributed by atoms with Crippen LogP contribution in [0.4, 0.5) is 13.2 Å². The average Bonchev–Trinajstić information content (AvgIpc) is 3.31. The van der Waals surface area contributed by atoms with Gasteiger partial charge in [0.15, 0.2) is 0 Å². The maximum Gasteiger partial charge on any atom is 0.490 e. The number of carbonyl (C=O) groups excluding carboxylic acids is 1. The second kappa shape index (κ2) is 10.4. The number of hydrogen-bond donors (Lipinski definition) is 1. The zero-order valence-corrected chi connectivity index (χ0v) is 18.2. The van der Waals surface area contributed by atoms with Gasteiger partial charge in [-0.3, -0.25) is 14.7 Å². The minimum atomic E-state index is -5.08. The van der Waals surface area contributed by atoms with Gasteiger partial charge in [0.2, 0.25) is 0 Å². The van der Waals surface area contributed by atoms with Crippen molar-refractivity contribution in [2.24, 2.45) is 5.41 Å². The molecule has 0 saturated carbocycles. The van der Waals surface area contributed by atoms with Gasteiger partial charge in [0.05, 0.1) is 5.51 Å². The second-order valence-electron chi connectivity index (χ2n) is 8.11. The summed E-state index contributed by atoms with van der Waals surface area (Å²) in [6.07, 6.45) is 3.45. The molecule has 1 spiro atoms. The number of halogens is 3. The Bertz CT molecular complexity index is 875. The van der Waals surface area contributed by atoms with Crippen LogP contribution in [0.5, 0.6) is 0 Å². The summed E-state index contributed by atoms with van der Waals surface area (Å²) in [7, 11) is 0. The normalized spacial score (nSPS) is 18.7. The first-order chi connectivity index (χ1) is 15.2. The molecule has 174 valence electrons. The molecule has 2 aliphatic heterocycles. The van der Waals surface area contributed by atoms with Crippen LogP contribution in [0, 0.1) is 5.41 Å². The average molecular weight is 471 g/mol.